The SMILES string of the molecule is CCCC[C@]1(C)NC(=O)N(CC(=O)OCC(=O)c2ccc(CC)cc2)C1=O. The molecule has 0 radical (unpaired) electrons. The number of imide groups is 1. The van der Waals surface area contributed by atoms with Crippen molar-refractivity contribution >= 4 is 23.7 Å². The van der Waals surface area contributed by atoms with Crippen LogP contribution in [0.4, 0.5) is 4.79 Å². The van der Waals surface area contributed by atoms with E-state index in [1.54, 1.807) is 19.1 Å². The van der Waals surface area contributed by atoms with E-state index in [-0.39, 0.29) is 5.78 Å². The smallest absolute Gasteiger partial charge is 0.326 e. The number of nitrogens with one attached hydrogen (secondary N) is 1. The summed E-state index contributed by atoms with van der Waals surface area (Å²) in [6.45, 7) is 4.72. The van der Waals surface area contributed by atoms with Crippen molar-refractivity contribution in [3.63, 3.8) is 0 Å². The van der Waals surface area contributed by atoms with Gasteiger partial charge in [0.2, 0.25) is 0 Å². The number of unbranched alkanes of at least 4 members (excludes halogenated alkanes) is 1. The first-order valence-corrected chi connectivity index (χ1v) is 9.22. The van der Waals surface area contributed by atoms with Crippen LogP contribution < -0.4 is 5.32 Å². The van der Waals surface area contributed by atoms with Crippen molar-refractivity contribution in [2.24, 2.45) is 0 Å². The fourth-order valence-electron chi connectivity index (χ4n) is 2.92. The number of Topliss-reactive ketones (excluding diaryl/α,β-unsaturated/α-hetero) is 1. The van der Waals surface area contributed by atoms with Crippen molar-refractivity contribution in [3.05, 3.63) is 35.4 Å². The van der Waals surface area contributed by atoms with Crippen LogP contribution in [0.15, 0.2) is 24.3 Å². The van der Waals surface area contributed by atoms with E-state index in [4.69, 9.17) is 4.74 Å². The summed E-state index contributed by atoms with van der Waals surface area (Å²) in [5.74, 6) is -1.58. The fraction of sp³-hybridized carbons (Fsp3) is 0.500. The van der Waals surface area contributed by atoms with E-state index in [9.17, 15) is 19.2 Å². The second kappa shape index (κ2) is 8.79. The zero-order valence-corrected chi connectivity index (χ0v) is 16.0. The van der Waals surface area contributed by atoms with Gasteiger partial charge in [0.05, 0.1) is 0 Å². The number of hydrogen-bond donors (Lipinski definition) is 1. The first-order valence-electron chi connectivity index (χ1n) is 9.22. The van der Waals surface area contributed by atoms with Crippen molar-refractivity contribution in [1.82, 2.24) is 10.2 Å². The van der Waals surface area contributed by atoms with Gasteiger partial charge in [0, 0.05) is 5.56 Å². The number of esters is 1. The monoisotopic (exact) mass is 374 g/mol. The topological polar surface area (TPSA) is 92.8 Å². The molecule has 27 heavy (non-hydrogen) atoms. The molecule has 7 nitrogen and oxygen atoms in total. The van der Waals surface area contributed by atoms with E-state index in [2.05, 4.69) is 5.32 Å². The predicted octanol–water partition coefficient (Wildman–Crippen LogP) is 2.48. The molecule has 1 aromatic carbocycles. The van der Waals surface area contributed by atoms with Gasteiger partial charge in [0.25, 0.3) is 5.91 Å². The van der Waals surface area contributed by atoms with Crippen LogP contribution in [0.2, 0.25) is 0 Å². The summed E-state index contributed by atoms with van der Waals surface area (Å²) in [7, 11) is 0. The highest BCUT2D eigenvalue weighted by Gasteiger charge is 2.47. The number of ether oxygens (including phenoxy) is 1. The molecule has 1 aliphatic heterocycles. The molecule has 0 saturated carbocycles. The predicted molar refractivity (Wildman–Crippen MR) is 99.3 cm³/mol. The van der Waals surface area contributed by atoms with Crippen LogP contribution in [0, 0.1) is 0 Å². The molecule has 0 spiro atoms. The van der Waals surface area contributed by atoms with E-state index < -0.39 is 36.6 Å². The molecule has 146 valence electrons. The molecule has 1 saturated heterocycles. The number of rotatable bonds is 9. The molecule has 7 heteroatoms. The number of hydrogen-bond acceptors (Lipinski definition) is 5. The summed E-state index contributed by atoms with van der Waals surface area (Å²) in [6, 6.07) is 6.45. The Morgan fingerprint density at radius 3 is 2.41 bits per heavy atom. The minimum Gasteiger partial charge on any atom is -0.456 e. The average molecular weight is 374 g/mol. The number of benzene rings is 1. The first kappa shape index (κ1) is 20.6. The molecule has 0 aromatic heterocycles. The van der Waals surface area contributed by atoms with Crippen LogP contribution >= 0.6 is 0 Å². The van der Waals surface area contributed by atoms with E-state index in [1.807, 2.05) is 26.0 Å². The summed E-state index contributed by atoms with van der Waals surface area (Å²) in [6.07, 6.45) is 3.05. The molecular weight excluding hydrogens is 348 g/mol. The summed E-state index contributed by atoms with van der Waals surface area (Å²) in [4.78, 5) is 49.5. The van der Waals surface area contributed by atoms with Crippen molar-refractivity contribution in [2.45, 2.75) is 52.0 Å². The van der Waals surface area contributed by atoms with Gasteiger partial charge in [-0.1, -0.05) is 51.0 Å². The highest BCUT2D eigenvalue weighted by atomic mass is 16.5. The minimum absolute atomic E-state index is 0.337. The third kappa shape index (κ3) is 4.93. The number of carbonyl (C=O) groups is 4. The minimum atomic E-state index is -0.996. The van der Waals surface area contributed by atoms with Crippen LogP contribution in [0.1, 0.15) is 56.0 Å². The summed E-state index contributed by atoms with van der Waals surface area (Å²) >= 11 is 0. The Labute approximate surface area is 159 Å². The number of ketones is 1. The Bertz CT molecular complexity index is 728. The Balaban J connectivity index is 1.88. The van der Waals surface area contributed by atoms with Crippen molar-refractivity contribution in [3.8, 4) is 0 Å². The van der Waals surface area contributed by atoms with Gasteiger partial charge in [-0.15, -0.1) is 0 Å². The van der Waals surface area contributed by atoms with Gasteiger partial charge in [-0.05, 0) is 25.3 Å². The van der Waals surface area contributed by atoms with Crippen LogP contribution in [-0.4, -0.2) is 47.3 Å². The molecule has 0 bridgehead atoms. The maximum atomic E-state index is 12.5. The average Bonchev–Trinajstić information content (AvgIpc) is 2.88. The molecule has 1 N–H and O–H groups in total. The third-order valence-electron chi connectivity index (χ3n) is 4.71. The number of urea groups is 1. The van der Waals surface area contributed by atoms with E-state index in [0.29, 0.717) is 12.0 Å². The van der Waals surface area contributed by atoms with Crippen LogP contribution in [0.3, 0.4) is 0 Å². The zero-order chi connectivity index (χ0) is 20.0. The van der Waals surface area contributed by atoms with Crippen LogP contribution in [0.5, 0.6) is 0 Å². The molecule has 3 amide bonds. The van der Waals surface area contributed by atoms with Gasteiger partial charge in [-0.3, -0.25) is 19.3 Å². The maximum absolute atomic E-state index is 12.5. The van der Waals surface area contributed by atoms with Gasteiger partial charge in [0.1, 0.15) is 12.1 Å². The van der Waals surface area contributed by atoms with E-state index in [1.165, 1.54) is 0 Å². The molecule has 2 rings (SSSR count). The quantitative estimate of drug-likeness (QED) is 0.407. The summed E-state index contributed by atoms with van der Waals surface area (Å²) < 4.78 is 4.96. The maximum Gasteiger partial charge on any atom is 0.326 e. The Kier molecular flexibility index (Phi) is 6.71. The standard InChI is InChI=1S/C20H26N2O5/c1-4-6-11-20(3)18(25)22(19(26)21-20)12-17(24)27-13-16(23)15-9-7-14(5-2)8-10-15/h7-10H,4-6,11-13H2,1-3H3,(H,21,26)/t20-/m0/s1. The van der Waals surface area contributed by atoms with E-state index in [0.717, 1.165) is 29.7 Å². The van der Waals surface area contributed by atoms with Crippen LogP contribution in [-0.2, 0) is 20.7 Å². The van der Waals surface area contributed by atoms with Crippen molar-refractivity contribution < 1.29 is 23.9 Å². The lowest BCUT2D eigenvalue weighted by Crippen LogP contribution is -2.44. The van der Waals surface area contributed by atoms with E-state index >= 15 is 0 Å². The summed E-state index contributed by atoms with van der Waals surface area (Å²) in [5.41, 5.74) is 0.555. The van der Waals surface area contributed by atoms with Gasteiger partial charge in [0.15, 0.2) is 12.4 Å². The molecule has 1 atom stereocenters. The molecular formula is C20H26N2O5. The highest BCUT2D eigenvalue weighted by molar-refractivity contribution is 6.08. The first-order chi connectivity index (χ1) is 12.8. The molecule has 1 aromatic rings. The number of carbonyl (C=O) groups excluding carboxylic acids is 4. The van der Waals surface area contributed by atoms with Gasteiger partial charge in [-0.25, -0.2) is 4.79 Å². The normalized spacial score (nSPS) is 19.1. The molecule has 0 unspecified atom stereocenters. The Hall–Kier alpha value is -2.70. The second-order valence-electron chi connectivity index (χ2n) is 6.89. The molecule has 0 aliphatic carbocycles. The third-order valence-corrected chi connectivity index (χ3v) is 4.71. The second-order valence-corrected chi connectivity index (χ2v) is 6.89. The number of aryl methyl sites for hydroxylation is 1. The Morgan fingerprint density at radius 1 is 1.15 bits per heavy atom. The molecule has 1 aliphatic rings. The number of amides is 3. The lowest BCUT2D eigenvalue weighted by atomic mass is 9.95. The highest BCUT2D eigenvalue weighted by Crippen LogP contribution is 2.23. The van der Waals surface area contributed by atoms with Gasteiger partial charge in [-0.2, -0.15) is 0 Å². The van der Waals surface area contributed by atoms with Crippen molar-refractivity contribution in [1.29, 1.82) is 0 Å². The van der Waals surface area contributed by atoms with Crippen LogP contribution in [0.25, 0.3) is 0 Å². The van der Waals surface area contributed by atoms with Gasteiger partial charge < -0.3 is 10.1 Å². The lowest BCUT2D eigenvalue weighted by Gasteiger charge is -2.21. The number of nitrogens with zero attached hydrogens (tertiary/aromatic N) is 1. The molecule has 1 heterocycles. The fourth-order valence-corrected chi connectivity index (χ4v) is 2.92. The zero-order valence-electron chi connectivity index (χ0n) is 16.0. The van der Waals surface area contributed by atoms with Crippen molar-refractivity contribution in [2.75, 3.05) is 13.2 Å². The summed E-state index contributed by atoms with van der Waals surface area (Å²) in [5, 5.41) is 2.63. The molecule has 1 fully saturated rings. The Morgan fingerprint density at radius 2 is 1.81 bits per heavy atom. The lowest BCUT2D eigenvalue weighted by molar-refractivity contribution is -0.146. The largest absolute Gasteiger partial charge is 0.456 e. The van der Waals surface area contributed by atoms with Gasteiger partial charge >= 0.3 is 12.0 Å².